The van der Waals surface area contributed by atoms with Gasteiger partial charge >= 0.3 is 19.8 Å². The monoisotopic (exact) mass is 780 g/mol. The minimum absolute atomic E-state index is 0.0298. The zero-order chi connectivity index (χ0) is 39.8. The van der Waals surface area contributed by atoms with E-state index in [2.05, 4.69) is 38.2 Å². The van der Waals surface area contributed by atoms with Crippen LogP contribution in [0.2, 0.25) is 0 Å². The van der Waals surface area contributed by atoms with Gasteiger partial charge in [-0.15, -0.1) is 0 Å². The number of hydrogen-bond acceptors (Lipinski definition) is 9. The van der Waals surface area contributed by atoms with Crippen LogP contribution in [0, 0.1) is 0 Å². The Morgan fingerprint density at radius 1 is 0.667 bits per heavy atom. The maximum atomic E-state index is 12.5. The van der Waals surface area contributed by atoms with Crippen LogP contribution >= 0.6 is 7.82 Å². The number of carbonyl (C=O) groups is 2. The van der Waals surface area contributed by atoms with Crippen LogP contribution in [0.3, 0.4) is 0 Å². The second-order valence-electron chi connectivity index (χ2n) is 13.3. The lowest BCUT2D eigenvalue weighted by molar-refractivity contribution is -0.161. The SMILES string of the molecule is CCC=CCC=CCC(O)C=CC=CCC=CCCCC(=O)OC(COC(=O)CCCCCCCC=CCCCCCCCC)COP(=O)(O)OCCN. The Balaban J connectivity index is 4.39. The van der Waals surface area contributed by atoms with Crippen molar-refractivity contribution in [3.63, 3.8) is 0 Å². The van der Waals surface area contributed by atoms with Gasteiger partial charge in [0.05, 0.1) is 19.3 Å². The van der Waals surface area contributed by atoms with E-state index in [0.29, 0.717) is 32.1 Å². The van der Waals surface area contributed by atoms with Crippen molar-refractivity contribution < 1.29 is 42.7 Å². The smallest absolute Gasteiger partial charge is 0.462 e. The summed E-state index contributed by atoms with van der Waals surface area (Å²) in [6.45, 7) is 3.42. The number of phosphoric acid groups is 1. The Bertz CT molecular complexity index is 1130. The summed E-state index contributed by atoms with van der Waals surface area (Å²) < 4.78 is 32.6. The van der Waals surface area contributed by atoms with Crippen molar-refractivity contribution in [3.05, 3.63) is 72.9 Å². The summed E-state index contributed by atoms with van der Waals surface area (Å²) in [5, 5.41) is 10.0. The topological polar surface area (TPSA) is 155 Å². The molecule has 3 unspecified atom stereocenters. The molecule has 0 radical (unpaired) electrons. The molecule has 54 heavy (non-hydrogen) atoms. The van der Waals surface area contributed by atoms with E-state index in [-0.39, 0.29) is 32.6 Å². The Morgan fingerprint density at radius 3 is 1.96 bits per heavy atom. The number of carbonyl (C=O) groups excluding carboxylic acids is 2. The molecule has 11 heteroatoms. The third-order valence-electron chi connectivity index (χ3n) is 8.16. The van der Waals surface area contributed by atoms with Crippen LogP contribution in [0.25, 0.3) is 0 Å². The van der Waals surface area contributed by atoms with E-state index in [1.54, 1.807) is 6.08 Å². The molecule has 3 atom stereocenters. The molecule has 0 bridgehead atoms. The Morgan fingerprint density at radius 2 is 1.26 bits per heavy atom. The van der Waals surface area contributed by atoms with Gasteiger partial charge in [0.15, 0.2) is 6.10 Å². The molecule has 0 aliphatic carbocycles. The second-order valence-corrected chi connectivity index (χ2v) is 14.8. The van der Waals surface area contributed by atoms with Crippen molar-refractivity contribution >= 4 is 19.8 Å². The van der Waals surface area contributed by atoms with Crippen LogP contribution in [0.5, 0.6) is 0 Å². The Labute approximate surface area is 327 Å². The molecule has 0 amide bonds. The molecule has 0 fully saturated rings. The van der Waals surface area contributed by atoms with Gasteiger partial charge in [-0.2, -0.15) is 0 Å². The number of allylic oxidation sites excluding steroid dienone is 10. The fourth-order valence-electron chi connectivity index (χ4n) is 5.10. The maximum Gasteiger partial charge on any atom is 0.472 e. The molecule has 0 saturated carbocycles. The highest BCUT2D eigenvalue weighted by molar-refractivity contribution is 7.47. The predicted octanol–water partition coefficient (Wildman–Crippen LogP) is 10.5. The Hall–Kier alpha value is -2.59. The van der Waals surface area contributed by atoms with Crippen LogP contribution in [-0.4, -0.2) is 60.5 Å². The highest BCUT2D eigenvalue weighted by Crippen LogP contribution is 2.43. The van der Waals surface area contributed by atoms with E-state index < -0.39 is 38.6 Å². The quantitative estimate of drug-likeness (QED) is 0.0182. The van der Waals surface area contributed by atoms with Crippen molar-refractivity contribution in [2.24, 2.45) is 5.73 Å². The number of ether oxygens (including phenoxy) is 2. The first kappa shape index (κ1) is 51.4. The van der Waals surface area contributed by atoms with Gasteiger partial charge in [0.25, 0.3) is 0 Å². The molecule has 310 valence electrons. The van der Waals surface area contributed by atoms with E-state index in [1.165, 1.54) is 44.9 Å². The summed E-state index contributed by atoms with van der Waals surface area (Å²) in [6, 6.07) is 0. The number of esters is 2. The minimum atomic E-state index is -4.41. The lowest BCUT2D eigenvalue weighted by Gasteiger charge is -2.19. The fourth-order valence-corrected chi connectivity index (χ4v) is 5.87. The summed E-state index contributed by atoms with van der Waals surface area (Å²) in [5.41, 5.74) is 5.33. The molecule has 0 rings (SSSR count). The summed E-state index contributed by atoms with van der Waals surface area (Å²) in [7, 11) is -4.41. The number of rotatable bonds is 37. The van der Waals surface area contributed by atoms with E-state index >= 15 is 0 Å². The molecular formula is C43H74NO9P. The predicted molar refractivity (Wildman–Crippen MR) is 221 cm³/mol. The maximum absolute atomic E-state index is 12.5. The molecule has 0 aromatic heterocycles. The standard InChI is InChI=1S/C43H74NO9P/c1-3-5-7-9-11-12-13-14-15-16-17-18-22-26-30-34-42(46)50-38-41(39-52-54(48,49)51-37-36-44)53-43(47)35-31-27-23-20-19-21-25-29-33-40(45)32-28-24-10-8-6-4-2/h6,8,14-15,20-21,23-25,28-29,33,40-41,45H,3-5,7,9-13,16-19,22,26-27,30-32,34-39,44H2,1-2H3,(H,48,49). The van der Waals surface area contributed by atoms with Gasteiger partial charge in [-0.25, -0.2) is 4.57 Å². The van der Waals surface area contributed by atoms with Gasteiger partial charge < -0.3 is 25.2 Å². The van der Waals surface area contributed by atoms with Gasteiger partial charge in [0.1, 0.15) is 6.61 Å². The van der Waals surface area contributed by atoms with Crippen LogP contribution in [-0.2, 0) is 32.7 Å². The number of phosphoric ester groups is 1. The third kappa shape index (κ3) is 37.7. The second kappa shape index (κ2) is 38.7. The molecule has 0 heterocycles. The average molecular weight is 780 g/mol. The van der Waals surface area contributed by atoms with E-state index in [1.807, 2.05) is 42.5 Å². The third-order valence-corrected chi connectivity index (χ3v) is 9.14. The van der Waals surface area contributed by atoms with Crippen LogP contribution in [0.1, 0.15) is 149 Å². The normalized spacial score (nSPS) is 14.7. The first-order valence-electron chi connectivity index (χ1n) is 20.5. The first-order chi connectivity index (χ1) is 26.2. The first-order valence-corrected chi connectivity index (χ1v) is 22.0. The number of aliphatic hydroxyl groups is 1. The van der Waals surface area contributed by atoms with Gasteiger partial charge in [0.2, 0.25) is 0 Å². The average Bonchev–Trinajstić information content (AvgIpc) is 3.15. The lowest BCUT2D eigenvalue weighted by Crippen LogP contribution is -2.29. The molecule has 0 aromatic carbocycles. The fraction of sp³-hybridized carbons (Fsp3) is 0.674. The van der Waals surface area contributed by atoms with Gasteiger partial charge in [-0.1, -0.05) is 138 Å². The van der Waals surface area contributed by atoms with Gasteiger partial charge in [-0.3, -0.25) is 18.6 Å². The van der Waals surface area contributed by atoms with E-state index in [4.69, 9.17) is 24.3 Å². The molecule has 0 aliphatic rings. The van der Waals surface area contributed by atoms with Crippen molar-refractivity contribution in [3.8, 4) is 0 Å². The zero-order valence-corrected chi connectivity index (χ0v) is 34.4. The molecule has 0 saturated heterocycles. The number of nitrogens with two attached hydrogens (primary N) is 1. The highest BCUT2D eigenvalue weighted by Gasteiger charge is 2.25. The largest absolute Gasteiger partial charge is 0.472 e. The molecular weight excluding hydrogens is 705 g/mol. The molecule has 0 aromatic rings. The number of hydrogen-bond donors (Lipinski definition) is 3. The molecule has 0 aliphatic heterocycles. The van der Waals surface area contributed by atoms with Crippen molar-refractivity contribution in [1.29, 1.82) is 0 Å². The van der Waals surface area contributed by atoms with Crippen LogP contribution < -0.4 is 5.73 Å². The lowest BCUT2D eigenvalue weighted by atomic mass is 10.1. The Kier molecular flexibility index (Phi) is 36.8. The zero-order valence-electron chi connectivity index (χ0n) is 33.5. The van der Waals surface area contributed by atoms with E-state index in [0.717, 1.165) is 44.9 Å². The number of unbranched alkanes of at least 4 members (excludes halogenated alkanes) is 12. The van der Waals surface area contributed by atoms with Crippen molar-refractivity contribution in [1.82, 2.24) is 0 Å². The number of aliphatic hydroxyl groups excluding tert-OH is 1. The summed E-state index contributed by atoms with van der Waals surface area (Å²) >= 11 is 0. The van der Waals surface area contributed by atoms with E-state index in [9.17, 15) is 24.2 Å². The minimum Gasteiger partial charge on any atom is -0.462 e. The molecule has 10 nitrogen and oxygen atoms in total. The van der Waals surface area contributed by atoms with Crippen molar-refractivity contribution in [2.75, 3.05) is 26.4 Å². The van der Waals surface area contributed by atoms with Gasteiger partial charge in [0, 0.05) is 19.4 Å². The molecule has 4 N–H and O–H groups in total. The van der Waals surface area contributed by atoms with Crippen molar-refractivity contribution in [2.45, 2.75) is 161 Å². The van der Waals surface area contributed by atoms with Crippen LogP contribution in [0.15, 0.2) is 72.9 Å². The summed E-state index contributed by atoms with van der Waals surface area (Å²) in [4.78, 5) is 34.8. The summed E-state index contributed by atoms with van der Waals surface area (Å²) in [6.07, 6.45) is 42.5. The van der Waals surface area contributed by atoms with Gasteiger partial charge in [-0.05, 0) is 70.6 Å². The highest BCUT2D eigenvalue weighted by atomic mass is 31.2. The van der Waals surface area contributed by atoms with Crippen LogP contribution in [0.4, 0.5) is 0 Å². The molecule has 0 spiro atoms. The summed E-state index contributed by atoms with van der Waals surface area (Å²) in [5.74, 6) is -0.953.